The van der Waals surface area contributed by atoms with Gasteiger partial charge in [0.25, 0.3) is 0 Å². The molecule has 6 aromatic carbocycles. The van der Waals surface area contributed by atoms with Crippen LogP contribution in [-0.4, -0.2) is 0 Å². The van der Waals surface area contributed by atoms with Crippen molar-refractivity contribution in [3.05, 3.63) is 181 Å². The van der Waals surface area contributed by atoms with Gasteiger partial charge in [0.1, 0.15) is 0 Å². The first-order valence-electron chi connectivity index (χ1n) is 15.5. The average Bonchev–Trinajstić information content (AvgIpc) is 3.12. The largest absolute Gasteiger partial charge is 0.379 e. The molecular formula is C40H38N4O2. The Bertz CT molecular complexity index is 1620. The van der Waals surface area contributed by atoms with Gasteiger partial charge in [-0.05, 0) is 97.8 Å². The smallest absolute Gasteiger partial charge is 0.0728 e. The number of rotatable bonds is 13. The molecule has 2 atom stereocenters. The molecule has 0 aromatic heterocycles. The van der Waals surface area contributed by atoms with Gasteiger partial charge < -0.3 is 10.6 Å². The zero-order valence-electron chi connectivity index (χ0n) is 26.0. The number of nitrogens with zero attached hydrogens (tertiary/aromatic N) is 2. The van der Waals surface area contributed by atoms with E-state index in [0.717, 1.165) is 34.1 Å². The minimum absolute atomic E-state index is 0.166. The van der Waals surface area contributed by atoms with Crippen molar-refractivity contribution in [2.75, 3.05) is 20.8 Å². The van der Waals surface area contributed by atoms with Gasteiger partial charge >= 0.3 is 0 Å². The van der Waals surface area contributed by atoms with E-state index in [9.17, 15) is 0 Å². The molecule has 6 rings (SSSR count). The normalized spacial score (nSPS) is 12.1. The van der Waals surface area contributed by atoms with Gasteiger partial charge in [-0.1, -0.05) is 107 Å². The van der Waals surface area contributed by atoms with Crippen LogP contribution < -0.4 is 20.8 Å². The molecule has 230 valence electrons. The Morgan fingerprint density at radius 2 is 0.652 bits per heavy atom. The minimum Gasteiger partial charge on any atom is -0.379 e. The Morgan fingerprint density at radius 3 is 0.978 bits per heavy atom. The summed E-state index contributed by atoms with van der Waals surface area (Å²) in [6.45, 7) is 4.31. The van der Waals surface area contributed by atoms with Crippen LogP contribution in [0.3, 0.4) is 0 Å². The van der Waals surface area contributed by atoms with Crippen molar-refractivity contribution in [2.24, 2.45) is 0 Å². The molecule has 0 spiro atoms. The van der Waals surface area contributed by atoms with Gasteiger partial charge in [-0.25, -0.2) is 0 Å². The van der Waals surface area contributed by atoms with Gasteiger partial charge in [-0.2, -0.15) is 10.1 Å². The summed E-state index contributed by atoms with van der Waals surface area (Å²) in [5.74, 6) is 0. The van der Waals surface area contributed by atoms with E-state index in [1.807, 2.05) is 121 Å². The second kappa shape index (κ2) is 14.9. The Balaban J connectivity index is 1.21. The highest BCUT2D eigenvalue weighted by molar-refractivity contribution is 5.65. The number of para-hydroxylation sites is 2. The van der Waals surface area contributed by atoms with Crippen LogP contribution in [0.15, 0.2) is 170 Å². The molecule has 6 nitrogen and oxygen atoms in total. The van der Waals surface area contributed by atoms with E-state index in [2.05, 4.69) is 73.0 Å². The maximum absolute atomic E-state index is 6.15. The molecule has 6 aromatic rings. The number of hydrogen-bond donors (Lipinski definition) is 2. The van der Waals surface area contributed by atoms with E-state index in [-0.39, 0.29) is 12.1 Å². The lowest BCUT2D eigenvalue weighted by Gasteiger charge is -2.28. The number of anilines is 6. The van der Waals surface area contributed by atoms with Crippen molar-refractivity contribution in [1.82, 2.24) is 0 Å². The predicted octanol–water partition coefficient (Wildman–Crippen LogP) is 10.8. The van der Waals surface area contributed by atoms with E-state index in [1.54, 1.807) is 10.1 Å². The molecule has 46 heavy (non-hydrogen) atoms. The fourth-order valence-corrected chi connectivity index (χ4v) is 5.20. The van der Waals surface area contributed by atoms with E-state index in [0.29, 0.717) is 0 Å². The zero-order chi connectivity index (χ0) is 31.6. The summed E-state index contributed by atoms with van der Waals surface area (Å²) in [6.07, 6.45) is 0. The average molecular weight is 607 g/mol. The van der Waals surface area contributed by atoms with Crippen molar-refractivity contribution in [3.63, 3.8) is 0 Å². The third kappa shape index (κ3) is 7.74. The summed E-state index contributed by atoms with van der Waals surface area (Å²) in [6, 6.07) is 57.1. The molecular weight excluding hydrogens is 568 g/mol. The highest BCUT2D eigenvalue weighted by Gasteiger charge is 2.18. The van der Waals surface area contributed by atoms with Crippen LogP contribution in [0.5, 0.6) is 0 Å². The summed E-state index contributed by atoms with van der Waals surface area (Å²) in [7, 11) is 0. The Hall–Kier alpha value is -5.56. The van der Waals surface area contributed by atoms with Crippen molar-refractivity contribution in [3.8, 4) is 0 Å². The van der Waals surface area contributed by atoms with Crippen LogP contribution in [0, 0.1) is 0 Å². The van der Waals surface area contributed by atoms with Crippen LogP contribution in [0.1, 0.15) is 37.1 Å². The third-order valence-electron chi connectivity index (χ3n) is 7.73. The molecule has 0 saturated carbocycles. The third-order valence-corrected chi connectivity index (χ3v) is 7.73. The van der Waals surface area contributed by atoms with Gasteiger partial charge in [0.2, 0.25) is 0 Å². The monoisotopic (exact) mass is 606 g/mol. The molecule has 0 heterocycles. The molecule has 0 aliphatic carbocycles. The maximum atomic E-state index is 6.15. The van der Waals surface area contributed by atoms with Crippen LogP contribution in [0.2, 0.25) is 0 Å². The molecule has 0 aliphatic rings. The molecule has 0 radical (unpaired) electrons. The van der Waals surface area contributed by atoms with Crippen LogP contribution >= 0.6 is 0 Å². The molecule has 6 heteroatoms. The Kier molecular flexibility index (Phi) is 9.90. The fraction of sp³-hybridized carbons (Fsp3) is 0.100. The van der Waals surface area contributed by atoms with E-state index < -0.39 is 0 Å². The summed E-state index contributed by atoms with van der Waals surface area (Å²) >= 11 is 0. The second-order valence-electron chi connectivity index (χ2n) is 11.1. The first kappa shape index (κ1) is 30.5. The molecule has 0 saturated heterocycles. The van der Waals surface area contributed by atoms with Crippen LogP contribution in [-0.2, 0) is 9.98 Å². The van der Waals surface area contributed by atoms with Gasteiger partial charge in [0.15, 0.2) is 0 Å². The lowest BCUT2D eigenvalue weighted by molar-refractivity contribution is -0.297. The molecule has 0 aliphatic heterocycles. The van der Waals surface area contributed by atoms with E-state index in [4.69, 9.17) is 9.98 Å². The molecule has 2 N–H and O–H groups in total. The van der Waals surface area contributed by atoms with Crippen LogP contribution in [0.4, 0.5) is 34.1 Å². The minimum atomic E-state index is 0.166. The predicted molar refractivity (Wildman–Crippen MR) is 189 cm³/mol. The van der Waals surface area contributed by atoms with Crippen molar-refractivity contribution >= 4 is 34.1 Å². The summed E-state index contributed by atoms with van der Waals surface area (Å²) in [4.78, 5) is 12.3. The van der Waals surface area contributed by atoms with Gasteiger partial charge in [0.05, 0.1) is 22.7 Å². The number of nitrogens with one attached hydrogen (secondary N) is 2. The van der Waals surface area contributed by atoms with Crippen molar-refractivity contribution in [2.45, 2.75) is 25.9 Å². The van der Waals surface area contributed by atoms with Gasteiger partial charge in [0, 0.05) is 23.5 Å². The standard InChI is InChI=1S/C40H38N4O2/c1-31(33-15-7-3-8-16-33)41-35-23-27-39(28-24-35)43(37-19-11-5-12-20-37)45-46-44(38-21-13-6-14-22-38)40-29-25-36(26-30-40)42-32(2)34-17-9-4-10-18-34/h3-32,41-42H,1-2H3. The van der Waals surface area contributed by atoms with Gasteiger partial charge in [-0.3, -0.25) is 0 Å². The lowest BCUT2D eigenvalue weighted by Crippen LogP contribution is -2.26. The van der Waals surface area contributed by atoms with Crippen LogP contribution in [0.25, 0.3) is 0 Å². The van der Waals surface area contributed by atoms with E-state index >= 15 is 0 Å². The fourth-order valence-electron chi connectivity index (χ4n) is 5.20. The first-order valence-corrected chi connectivity index (χ1v) is 15.5. The second-order valence-corrected chi connectivity index (χ2v) is 11.1. The van der Waals surface area contributed by atoms with Crippen molar-refractivity contribution < 1.29 is 9.98 Å². The van der Waals surface area contributed by atoms with E-state index in [1.165, 1.54) is 11.1 Å². The molecule has 0 fully saturated rings. The topological polar surface area (TPSA) is 49.0 Å². The molecule has 2 unspecified atom stereocenters. The zero-order valence-corrected chi connectivity index (χ0v) is 26.0. The SMILES string of the molecule is CC(Nc1ccc(N(OON(c2ccccc2)c2ccc(NC(C)c3ccccc3)cc2)c2ccccc2)cc1)c1ccccc1. The Labute approximate surface area is 271 Å². The molecule has 0 amide bonds. The highest BCUT2D eigenvalue weighted by Crippen LogP contribution is 2.32. The Morgan fingerprint density at radius 1 is 0.370 bits per heavy atom. The maximum Gasteiger partial charge on any atom is 0.0728 e. The first-order chi connectivity index (χ1) is 22.6. The van der Waals surface area contributed by atoms with Crippen molar-refractivity contribution in [1.29, 1.82) is 0 Å². The molecule has 0 bridgehead atoms. The summed E-state index contributed by atoms with van der Waals surface area (Å²) < 4.78 is 0. The summed E-state index contributed by atoms with van der Waals surface area (Å²) in [5, 5.41) is 10.5. The van der Waals surface area contributed by atoms with Gasteiger partial charge in [-0.15, -0.1) is 0 Å². The number of hydrogen-bond acceptors (Lipinski definition) is 6. The quantitative estimate of drug-likeness (QED) is 0.101. The highest BCUT2D eigenvalue weighted by atomic mass is 17.3. The summed E-state index contributed by atoms with van der Waals surface area (Å²) in [5.41, 5.74) is 7.74. The number of benzene rings is 6. The lowest BCUT2D eigenvalue weighted by atomic mass is 10.1.